The van der Waals surface area contributed by atoms with Crippen LogP contribution >= 0.6 is 0 Å². The minimum atomic E-state index is -0.235. The smallest absolute Gasteiger partial charge is 0.274 e. The van der Waals surface area contributed by atoms with E-state index in [0.29, 0.717) is 11.5 Å². The molecule has 110 valence electrons. The van der Waals surface area contributed by atoms with E-state index in [0.717, 1.165) is 16.8 Å². The van der Waals surface area contributed by atoms with Gasteiger partial charge in [0.25, 0.3) is 5.91 Å². The first kappa shape index (κ1) is 15.0. The van der Waals surface area contributed by atoms with Gasteiger partial charge in [-0.3, -0.25) is 4.79 Å². The van der Waals surface area contributed by atoms with Gasteiger partial charge in [-0.25, -0.2) is 9.97 Å². The number of nitrogens with zero attached hydrogens (tertiary/aromatic N) is 2. The Hall–Kier alpha value is -2.43. The number of para-hydroxylation sites is 1. The van der Waals surface area contributed by atoms with E-state index >= 15 is 0 Å². The zero-order valence-corrected chi connectivity index (χ0v) is 12.8. The number of hydrogen-bond donors (Lipinski definition) is 2. The Bertz CT molecular complexity index is 632. The lowest BCUT2D eigenvalue weighted by Gasteiger charge is -2.12. The fourth-order valence-corrected chi connectivity index (χ4v) is 2.05. The summed E-state index contributed by atoms with van der Waals surface area (Å²) in [5.41, 5.74) is 3.23. The van der Waals surface area contributed by atoms with Crippen LogP contribution in [0.25, 0.3) is 0 Å². The Kier molecular flexibility index (Phi) is 4.52. The minimum Gasteiger partial charge on any atom is -0.368 e. The van der Waals surface area contributed by atoms with Gasteiger partial charge in [0.1, 0.15) is 17.8 Å². The Balaban J connectivity index is 2.21. The molecule has 0 unspecified atom stereocenters. The first-order valence-electron chi connectivity index (χ1n) is 6.93. The molecule has 2 aromatic rings. The number of hydrogen-bond acceptors (Lipinski definition) is 4. The predicted molar refractivity (Wildman–Crippen MR) is 84.7 cm³/mol. The molecule has 0 saturated heterocycles. The highest BCUT2D eigenvalue weighted by Gasteiger charge is 2.12. The third-order valence-corrected chi connectivity index (χ3v) is 3.06. The average molecular weight is 284 g/mol. The molecule has 2 rings (SSSR count). The first-order chi connectivity index (χ1) is 9.97. The second-order valence-electron chi connectivity index (χ2n) is 5.31. The van der Waals surface area contributed by atoms with Crippen molar-refractivity contribution in [1.82, 2.24) is 9.97 Å². The molecular formula is C16H20N4O. The van der Waals surface area contributed by atoms with Gasteiger partial charge in [-0.1, -0.05) is 18.2 Å². The number of carbonyl (C=O) groups is 1. The van der Waals surface area contributed by atoms with Crippen LogP contribution in [0.5, 0.6) is 0 Å². The number of benzene rings is 1. The van der Waals surface area contributed by atoms with Gasteiger partial charge in [-0.05, 0) is 38.8 Å². The number of carbonyl (C=O) groups excluding carboxylic acids is 1. The highest BCUT2D eigenvalue weighted by molar-refractivity contribution is 6.04. The molecule has 21 heavy (non-hydrogen) atoms. The van der Waals surface area contributed by atoms with E-state index < -0.39 is 0 Å². The highest BCUT2D eigenvalue weighted by Crippen LogP contribution is 2.20. The molecule has 0 atom stereocenters. The van der Waals surface area contributed by atoms with Crippen LogP contribution in [0.1, 0.15) is 35.5 Å². The lowest BCUT2D eigenvalue weighted by molar-refractivity contribution is 0.102. The van der Waals surface area contributed by atoms with E-state index in [9.17, 15) is 4.79 Å². The maximum absolute atomic E-state index is 12.3. The molecule has 2 N–H and O–H groups in total. The molecule has 0 bridgehead atoms. The summed E-state index contributed by atoms with van der Waals surface area (Å²) in [5, 5.41) is 6.07. The van der Waals surface area contributed by atoms with Gasteiger partial charge in [-0.15, -0.1) is 0 Å². The Labute approximate surface area is 124 Å². The summed E-state index contributed by atoms with van der Waals surface area (Å²) < 4.78 is 0. The maximum atomic E-state index is 12.3. The number of anilines is 2. The standard InChI is InChI=1S/C16H20N4O/c1-10(2)19-14-8-13(17-9-18-14)16(21)20-15-11(3)6-5-7-12(15)4/h5-10H,1-4H3,(H,20,21)(H,17,18,19). The van der Waals surface area contributed by atoms with Crippen molar-refractivity contribution in [3.05, 3.63) is 47.4 Å². The molecule has 5 nitrogen and oxygen atoms in total. The molecule has 0 fully saturated rings. The molecule has 0 saturated carbocycles. The van der Waals surface area contributed by atoms with E-state index in [-0.39, 0.29) is 11.9 Å². The Morgan fingerprint density at radius 2 is 1.81 bits per heavy atom. The summed E-state index contributed by atoms with van der Waals surface area (Å²) in [4.78, 5) is 20.5. The summed E-state index contributed by atoms with van der Waals surface area (Å²) in [6.45, 7) is 7.96. The van der Waals surface area contributed by atoms with E-state index in [1.807, 2.05) is 45.9 Å². The van der Waals surface area contributed by atoms with E-state index in [4.69, 9.17) is 0 Å². The van der Waals surface area contributed by atoms with Gasteiger partial charge in [0.2, 0.25) is 0 Å². The minimum absolute atomic E-state index is 0.235. The lowest BCUT2D eigenvalue weighted by atomic mass is 10.1. The fourth-order valence-electron chi connectivity index (χ4n) is 2.05. The van der Waals surface area contributed by atoms with Gasteiger partial charge in [0.15, 0.2) is 0 Å². The topological polar surface area (TPSA) is 66.9 Å². The number of aromatic nitrogens is 2. The summed E-state index contributed by atoms with van der Waals surface area (Å²) >= 11 is 0. The Morgan fingerprint density at radius 1 is 1.14 bits per heavy atom. The van der Waals surface area contributed by atoms with Crippen molar-refractivity contribution in [3.8, 4) is 0 Å². The van der Waals surface area contributed by atoms with Crippen LogP contribution in [-0.4, -0.2) is 21.9 Å². The highest BCUT2D eigenvalue weighted by atomic mass is 16.1. The Morgan fingerprint density at radius 3 is 2.43 bits per heavy atom. The zero-order valence-electron chi connectivity index (χ0n) is 12.8. The quantitative estimate of drug-likeness (QED) is 0.905. The predicted octanol–water partition coefficient (Wildman–Crippen LogP) is 3.17. The molecule has 1 aromatic carbocycles. The summed E-state index contributed by atoms with van der Waals surface area (Å²) in [7, 11) is 0. The summed E-state index contributed by atoms with van der Waals surface area (Å²) in [5.74, 6) is 0.410. The largest absolute Gasteiger partial charge is 0.368 e. The van der Waals surface area contributed by atoms with Crippen LogP contribution in [0.15, 0.2) is 30.6 Å². The van der Waals surface area contributed by atoms with Crippen molar-refractivity contribution >= 4 is 17.4 Å². The van der Waals surface area contributed by atoms with Crippen molar-refractivity contribution in [2.75, 3.05) is 10.6 Å². The molecule has 0 aliphatic carbocycles. The van der Waals surface area contributed by atoms with Gasteiger partial charge in [0, 0.05) is 17.8 Å². The molecule has 0 aliphatic rings. The van der Waals surface area contributed by atoms with Gasteiger partial charge in [0.05, 0.1) is 0 Å². The van der Waals surface area contributed by atoms with Crippen LogP contribution in [0.3, 0.4) is 0 Å². The monoisotopic (exact) mass is 284 g/mol. The van der Waals surface area contributed by atoms with Crippen LogP contribution in [0, 0.1) is 13.8 Å². The number of amides is 1. The molecule has 1 heterocycles. The van der Waals surface area contributed by atoms with E-state index in [1.165, 1.54) is 6.33 Å². The van der Waals surface area contributed by atoms with Crippen LogP contribution in [0.4, 0.5) is 11.5 Å². The molecule has 1 amide bonds. The van der Waals surface area contributed by atoms with Gasteiger partial charge >= 0.3 is 0 Å². The number of aryl methyl sites for hydroxylation is 2. The summed E-state index contributed by atoms with van der Waals surface area (Å²) in [6, 6.07) is 7.80. The normalized spacial score (nSPS) is 10.5. The number of nitrogens with one attached hydrogen (secondary N) is 2. The van der Waals surface area contributed by atoms with Crippen molar-refractivity contribution in [3.63, 3.8) is 0 Å². The van der Waals surface area contributed by atoms with E-state index in [1.54, 1.807) is 6.07 Å². The second-order valence-corrected chi connectivity index (χ2v) is 5.31. The number of rotatable bonds is 4. The third-order valence-electron chi connectivity index (χ3n) is 3.06. The van der Waals surface area contributed by atoms with Crippen molar-refractivity contribution in [2.45, 2.75) is 33.7 Å². The maximum Gasteiger partial charge on any atom is 0.274 e. The first-order valence-corrected chi connectivity index (χ1v) is 6.93. The van der Waals surface area contributed by atoms with E-state index in [2.05, 4.69) is 20.6 Å². The van der Waals surface area contributed by atoms with Crippen molar-refractivity contribution in [2.24, 2.45) is 0 Å². The lowest BCUT2D eigenvalue weighted by Crippen LogP contribution is -2.17. The average Bonchev–Trinajstić information content (AvgIpc) is 2.42. The molecule has 0 aliphatic heterocycles. The van der Waals surface area contributed by atoms with Crippen LogP contribution in [-0.2, 0) is 0 Å². The van der Waals surface area contributed by atoms with Gasteiger partial charge in [-0.2, -0.15) is 0 Å². The van der Waals surface area contributed by atoms with Crippen molar-refractivity contribution < 1.29 is 4.79 Å². The third kappa shape index (κ3) is 3.78. The van der Waals surface area contributed by atoms with Crippen LogP contribution < -0.4 is 10.6 Å². The molecule has 5 heteroatoms. The summed E-state index contributed by atoms with van der Waals surface area (Å²) in [6.07, 6.45) is 1.39. The van der Waals surface area contributed by atoms with Gasteiger partial charge < -0.3 is 10.6 Å². The SMILES string of the molecule is Cc1cccc(C)c1NC(=O)c1cc(NC(C)C)ncn1. The molecular weight excluding hydrogens is 264 g/mol. The van der Waals surface area contributed by atoms with Crippen LogP contribution in [0.2, 0.25) is 0 Å². The zero-order chi connectivity index (χ0) is 15.4. The molecule has 0 spiro atoms. The molecule has 1 aromatic heterocycles. The van der Waals surface area contributed by atoms with Crippen molar-refractivity contribution in [1.29, 1.82) is 0 Å². The second kappa shape index (κ2) is 6.35. The fraction of sp³-hybridized carbons (Fsp3) is 0.312. The molecule has 0 radical (unpaired) electrons.